The van der Waals surface area contributed by atoms with E-state index in [4.69, 9.17) is 14.2 Å². The molecule has 0 spiro atoms. The third-order valence-electron chi connectivity index (χ3n) is 3.57. The highest BCUT2D eigenvalue weighted by atomic mass is 16.5. The number of carbonyl (C=O) groups is 1. The van der Waals surface area contributed by atoms with Crippen LogP contribution >= 0.6 is 0 Å². The van der Waals surface area contributed by atoms with E-state index in [1.54, 1.807) is 33.5 Å². The normalized spacial score (nSPS) is 11.5. The second-order valence-corrected chi connectivity index (χ2v) is 5.00. The van der Waals surface area contributed by atoms with Crippen LogP contribution in [0, 0.1) is 0 Å². The summed E-state index contributed by atoms with van der Waals surface area (Å²) in [7, 11) is 4.76. The number of nitrogens with one attached hydrogen (secondary N) is 2. The summed E-state index contributed by atoms with van der Waals surface area (Å²) in [4.78, 5) is 12.1. The standard InChI is InChI=1S/C18H22N2O4/c1-22-15-10-6-4-8-13(15)17(24-3)12-19-18(21)20-14-9-5-7-11-16(14)23-2/h4-11,17H,12H2,1-3H3,(H2,19,20,21). The van der Waals surface area contributed by atoms with Gasteiger partial charge in [0.05, 0.1) is 19.9 Å². The van der Waals surface area contributed by atoms with Gasteiger partial charge in [-0.15, -0.1) is 0 Å². The molecule has 0 aromatic heterocycles. The number of anilines is 1. The number of rotatable bonds is 7. The Bertz CT molecular complexity index is 676. The molecule has 0 heterocycles. The van der Waals surface area contributed by atoms with Gasteiger partial charge in [0.15, 0.2) is 0 Å². The largest absolute Gasteiger partial charge is 0.496 e. The fourth-order valence-electron chi connectivity index (χ4n) is 2.35. The molecule has 0 bridgehead atoms. The smallest absolute Gasteiger partial charge is 0.319 e. The molecule has 2 N–H and O–H groups in total. The van der Waals surface area contributed by atoms with E-state index in [1.165, 1.54) is 0 Å². The van der Waals surface area contributed by atoms with Gasteiger partial charge in [-0.2, -0.15) is 0 Å². The number of para-hydroxylation sites is 3. The van der Waals surface area contributed by atoms with Gasteiger partial charge in [0.25, 0.3) is 0 Å². The zero-order chi connectivity index (χ0) is 17.4. The van der Waals surface area contributed by atoms with Gasteiger partial charge >= 0.3 is 6.03 Å². The second kappa shape index (κ2) is 8.79. The number of carbonyl (C=O) groups excluding carboxylic acids is 1. The summed E-state index contributed by atoms with van der Waals surface area (Å²) in [5.74, 6) is 1.32. The molecular formula is C18H22N2O4. The van der Waals surface area contributed by atoms with Crippen molar-refractivity contribution >= 4 is 11.7 Å². The third-order valence-corrected chi connectivity index (χ3v) is 3.57. The van der Waals surface area contributed by atoms with Crippen LogP contribution in [0.3, 0.4) is 0 Å². The molecule has 2 aromatic carbocycles. The van der Waals surface area contributed by atoms with Gasteiger partial charge in [-0.25, -0.2) is 4.79 Å². The fourth-order valence-corrected chi connectivity index (χ4v) is 2.35. The van der Waals surface area contributed by atoms with Crippen molar-refractivity contribution in [3.63, 3.8) is 0 Å². The molecule has 6 heteroatoms. The molecule has 0 aliphatic carbocycles. The van der Waals surface area contributed by atoms with Crippen molar-refractivity contribution in [3.8, 4) is 11.5 Å². The van der Waals surface area contributed by atoms with Crippen LogP contribution in [0.5, 0.6) is 11.5 Å². The SMILES string of the molecule is COc1ccccc1NC(=O)NCC(OC)c1ccccc1OC. The Morgan fingerprint density at radius 2 is 1.58 bits per heavy atom. The van der Waals surface area contributed by atoms with E-state index in [2.05, 4.69) is 10.6 Å². The van der Waals surface area contributed by atoms with E-state index in [9.17, 15) is 4.79 Å². The molecule has 1 atom stereocenters. The molecule has 2 amide bonds. The maximum absolute atomic E-state index is 12.1. The minimum Gasteiger partial charge on any atom is -0.496 e. The maximum Gasteiger partial charge on any atom is 0.319 e. The van der Waals surface area contributed by atoms with Crippen LogP contribution in [-0.2, 0) is 4.74 Å². The van der Waals surface area contributed by atoms with Crippen LogP contribution in [0.25, 0.3) is 0 Å². The Labute approximate surface area is 141 Å². The molecule has 24 heavy (non-hydrogen) atoms. The van der Waals surface area contributed by atoms with E-state index in [-0.39, 0.29) is 12.1 Å². The first-order chi connectivity index (χ1) is 11.7. The van der Waals surface area contributed by atoms with Crippen molar-refractivity contribution in [3.05, 3.63) is 54.1 Å². The van der Waals surface area contributed by atoms with E-state index in [0.717, 1.165) is 11.3 Å². The van der Waals surface area contributed by atoms with E-state index >= 15 is 0 Å². The van der Waals surface area contributed by atoms with Crippen molar-refractivity contribution < 1.29 is 19.0 Å². The summed E-state index contributed by atoms with van der Waals surface area (Å²) >= 11 is 0. The summed E-state index contributed by atoms with van der Waals surface area (Å²) in [5.41, 5.74) is 1.48. The molecule has 0 fully saturated rings. The average Bonchev–Trinajstić information content (AvgIpc) is 2.63. The molecule has 0 aliphatic heterocycles. The summed E-state index contributed by atoms with van der Waals surface area (Å²) < 4.78 is 16.0. The monoisotopic (exact) mass is 330 g/mol. The molecule has 1 unspecified atom stereocenters. The summed E-state index contributed by atoms with van der Waals surface area (Å²) in [6.07, 6.45) is -0.315. The Balaban J connectivity index is 1.99. The van der Waals surface area contributed by atoms with E-state index in [1.807, 2.05) is 36.4 Å². The van der Waals surface area contributed by atoms with Gasteiger partial charge in [-0.3, -0.25) is 0 Å². The van der Waals surface area contributed by atoms with Gasteiger partial charge in [-0.1, -0.05) is 30.3 Å². The lowest BCUT2D eigenvalue weighted by Crippen LogP contribution is -2.33. The highest BCUT2D eigenvalue weighted by Gasteiger charge is 2.16. The first kappa shape index (κ1) is 17.6. The molecule has 6 nitrogen and oxygen atoms in total. The summed E-state index contributed by atoms with van der Waals surface area (Å²) in [6.45, 7) is 0.303. The van der Waals surface area contributed by atoms with Crippen LogP contribution in [0.15, 0.2) is 48.5 Å². The fraction of sp³-hybridized carbons (Fsp3) is 0.278. The number of hydrogen-bond donors (Lipinski definition) is 2. The lowest BCUT2D eigenvalue weighted by atomic mass is 10.1. The number of amides is 2. The zero-order valence-corrected chi connectivity index (χ0v) is 14.0. The molecular weight excluding hydrogens is 308 g/mol. The van der Waals surface area contributed by atoms with Gasteiger partial charge in [0.2, 0.25) is 0 Å². The molecule has 128 valence electrons. The van der Waals surface area contributed by atoms with Crippen molar-refractivity contribution in [1.29, 1.82) is 0 Å². The topological polar surface area (TPSA) is 68.8 Å². The van der Waals surface area contributed by atoms with Crippen LogP contribution in [0.2, 0.25) is 0 Å². The van der Waals surface area contributed by atoms with Crippen molar-refractivity contribution in [2.24, 2.45) is 0 Å². The first-order valence-electron chi connectivity index (χ1n) is 7.53. The van der Waals surface area contributed by atoms with Crippen LogP contribution in [-0.4, -0.2) is 33.9 Å². The van der Waals surface area contributed by atoms with Gasteiger partial charge < -0.3 is 24.8 Å². The number of urea groups is 1. The zero-order valence-electron chi connectivity index (χ0n) is 14.0. The Morgan fingerprint density at radius 1 is 0.958 bits per heavy atom. The number of hydrogen-bond acceptors (Lipinski definition) is 4. The maximum atomic E-state index is 12.1. The molecule has 2 aromatic rings. The lowest BCUT2D eigenvalue weighted by molar-refractivity contribution is 0.102. The molecule has 0 radical (unpaired) electrons. The molecule has 2 rings (SSSR count). The quantitative estimate of drug-likeness (QED) is 0.818. The number of methoxy groups -OCH3 is 3. The molecule has 0 saturated heterocycles. The van der Waals surface area contributed by atoms with Crippen LogP contribution < -0.4 is 20.1 Å². The van der Waals surface area contributed by atoms with E-state index < -0.39 is 0 Å². The summed E-state index contributed by atoms with van der Waals surface area (Å²) in [5, 5.41) is 5.56. The molecule has 0 aliphatic rings. The lowest BCUT2D eigenvalue weighted by Gasteiger charge is -2.19. The van der Waals surface area contributed by atoms with Gasteiger partial charge in [0.1, 0.15) is 17.6 Å². The Morgan fingerprint density at radius 3 is 2.25 bits per heavy atom. The van der Waals surface area contributed by atoms with Crippen LogP contribution in [0.4, 0.5) is 10.5 Å². The third kappa shape index (κ3) is 4.39. The highest BCUT2D eigenvalue weighted by molar-refractivity contribution is 5.90. The van der Waals surface area contributed by atoms with Crippen molar-refractivity contribution in [2.75, 3.05) is 33.2 Å². The Hall–Kier alpha value is -2.73. The van der Waals surface area contributed by atoms with Gasteiger partial charge in [-0.05, 0) is 18.2 Å². The summed E-state index contributed by atoms with van der Waals surface area (Å²) in [6, 6.07) is 14.4. The van der Waals surface area contributed by atoms with Gasteiger partial charge in [0, 0.05) is 19.2 Å². The van der Waals surface area contributed by atoms with E-state index in [0.29, 0.717) is 18.0 Å². The highest BCUT2D eigenvalue weighted by Crippen LogP contribution is 2.26. The average molecular weight is 330 g/mol. The minimum atomic E-state index is -0.337. The second-order valence-electron chi connectivity index (χ2n) is 5.00. The first-order valence-corrected chi connectivity index (χ1v) is 7.53. The number of benzene rings is 2. The molecule has 0 saturated carbocycles. The van der Waals surface area contributed by atoms with Crippen LogP contribution in [0.1, 0.15) is 11.7 Å². The Kier molecular flexibility index (Phi) is 6.45. The van der Waals surface area contributed by atoms with Crippen molar-refractivity contribution in [2.45, 2.75) is 6.10 Å². The predicted octanol–water partition coefficient (Wildman–Crippen LogP) is 3.21. The predicted molar refractivity (Wildman–Crippen MR) is 92.8 cm³/mol. The minimum absolute atomic E-state index is 0.303. The van der Waals surface area contributed by atoms with Crippen molar-refractivity contribution in [1.82, 2.24) is 5.32 Å². The number of ether oxygens (including phenoxy) is 3.